The maximum absolute atomic E-state index is 11.1. The van der Waals surface area contributed by atoms with Crippen LogP contribution in [0.2, 0.25) is 0 Å². The van der Waals surface area contributed by atoms with Crippen LogP contribution in [-0.4, -0.2) is 28.8 Å². The molecule has 0 aromatic carbocycles. The van der Waals surface area contributed by atoms with Crippen molar-refractivity contribution in [1.29, 1.82) is 0 Å². The van der Waals surface area contributed by atoms with Gasteiger partial charge in [-0.25, -0.2) is 4.98 Å². The van der Waals surface area contributed by atoms with Crippen molar-refractivity contribution in [3.05, 3.63) is 28.4 Å². The van der Waals surface area contributed by atoms with Gasteiger partial charge in [-0.05, 0) is 0 Å². The van der Waals surface area contributed by atoms with E-state index in [1.165, 1.54) is 18.3 Å². The Bertz CT molecular complexity index is 423. The summed E-state index contributed by atoms with van der Waals surface area (Å²) in [6.45, 7) is 1.18. The number of hydrogen-bond acceptors (Lipinski definition) is 5. The molecule has 2 rings (SSSR count). The van der Waals surface area contributed by atoms with E-state index in [0.29, 0.717) is 31.7 Å². The zero-order valence-electron chi connectivity index (χ0n) is 8.63. The molecule has 1 aliphatic heterocycles. The smallest absolute Gasteiger partial charge is 0.274 e. The number of hydrogen-bond donors (Lipinski definition) is 0. The van der Waals surface area contributed by atoms with Crippen LogP contribution in [0.5, 0.6) is 0 Å². The zero-order valence-corrected chi connectivity index (χ0v) is 8.63. The molecule has 0 radical (unpaired) electrons. The van der Waals surface area contributed by atoms with Gasteiger partial charge in [-0.2, -0.15) is 0 Å². The number of anilines is 1. The monoisotopic (exact) mass is 221 g/mol. The highest BCUT2D eigenvalue weighted by Crippen LogP contribution is 2.20. The number of Topliss-reactive ketones (excluding diaryl/α,β-unsaturated/α-hetero) is 1. The Morgan fingerprint density at radius 2 is 2.06 bits per heavy atom. The number of nitrogens with zero attached hydrogens (tertiary/aromatic N) is 3. The van der Waals surface area contributed by atoms with Crippen molar-refractivity contribution in [2.24, 2.45) is 0 Å². The molecule has 1 saturated heterocycles. The standard InChI is InChI=1S/C10H11N3O3/c14-9-2-5-12(6-3-9)10-7-8(13(15)16)1-4-11-10/h1,4,7H,2-3,5-6H2. The maximum Gasteiger partial charge on any atom is 0.274 e. The molecule has 0 aliphatic carbocycles. The first kappa shape index (κ1) is 10.5. The Hall–Kier alpha value is -1.98. The van der Waals surface area contributed by atoms with Gasteiger partial charge in [-0.3, -0.25) is 14.9 Å². The average molecular weight is 221 g/mol. The second kappa shape index (κ2) is 4.26. The number of carbonyl (C=O) groups excluding carboxylic acids is 1. The molecule has 0 bridgehead atoms. The molecule has 6 heteroatoms. The fourth-order valence-electron chi connectivity index (χ4n) is 1.68. The van der Waals surface area contributed by atoms with Crippen LogP contribution in [-0.2, 0) is 4.79 Å². The number of ketones is 1. The highest BCUT2D eigenvalue weighted by molar-refractivity contribution is 5.80. The largest absolute Gasteiger partial charge is 0.356 e. The molecule has 1 aromatic rings. The molecule has 1 aliphatic rings. The summed E-state index contributed by atoms with van der Waals surface area (Å²) in [7, 11) is 0. The number of pyridine rings is 1. The minimum absolute atomic E-state index is 0.0295. The van der Waals surface area contributed by atoms with Gasteiger partial charge < -0.3 is 4.90 Å². The molecule has 2 heterocycles. The van der Waals surface area contributed by atoms with Crippen molar-refractivity contribution in [3.8, 4) is 0 Å². The molecule has 84 valence electrons. The van der Waals surface area contributed by atoms with E-state index in [-0.39, 0.29) is 11.5 Å². The Labute approximate surface area is 92.0 Å². The fourth-order valence-corrected chi connectivity index (χ4v) is 1.68. The van der Waals surface area contributed by atoms with E-state index in [1.807, 2.05) is 4.90 Å². The van der Waals surface area contributed by atoms with Gasteiger partial charge in [-0.15, -0.1) is 0 Å². The van der Waals surface area contributed by atoms with Crippen LogP contribution in [0.1, 0.15) is 12.8 Å². The van der Waals surface area contributed by atoms with Gasteiger partial charge in [0, 0.05) is 38.2 Å². The molecule has 6 nitrogen and oxygen atoms in total. The van der Waals surface area contributed by atoms with Crippen molar-refractivity contribution >= 4 is 17.3 Å². The van der Waals surface area contributed by atoms with Crippen LogP contribution in [0.4, 0.5) is 11.5 Å². The molecule has 0 saturated carbocycles. The Morgan fingerprint density at radius 3 is 2.69 bits per heavy atom. The summed E-state index contributed by atoms with van der Waals surface area (Å²) in [5.41, 5.74) is 0.0295. The van der Waals surface area contributed by atoms with Crippen LogP contribution in [0.3, 0.4) is 0 Å². The van der Waals surface area contributed by atoms with E-state index < -0.39 is 4.92 Å². The first-order valence-corrected chi connectivity index (χ1v) is 5.04. The summed E-state index contributed by atoms with van der Waals surface area (Å²) in [5.74, 6) is 0.809. The second-order valence-electron chi connectivity index (χ2n) is 3.66. The van der Waals surface area contributed by atoms with Crippen molar-refractivity contribution < 1.29 is 9.72 Å². The molecular weight excluding hydrogens is 210 g/mol. The van der Waals surface area contributed by atoms with Crippen molar-refractivity contribution in [1.82, 2.24) is 4.98 Å². The van der Waals surface area contributed by atoms with Gasteiger partial charge in [-0.1, -0.05) is 0 Å². The number of rotatable bonds is 2. The Morgan fingerprint density at radius 1 is 1.38 bits per heavy atom. The lowest BCUT2D eigenvalue weighted by Gasteiger charge is -2.26. The maximum atomic E-state index is 11.1. The lowest BCUT2D eigenvalue weighted by atomic mass is 10.1. The average Bonchev–Trinajstić information content (AvgIpc) is 2.30. The van der Waals surface area contributed by atoms with Crippen LogP contribution in [0, 0.1) is 10.1 Å². The predicted molar refractivity (Wildman–Crippen MR) is 57.3 cm³/mol. The van der Waals surface area contributed by atoms with Gasteiger partial charge in [0.2, 0.25) is 0 Å². The third kappa shape index (κ3) is 2.16. The molecule has 1 fully saturated rings. The third-order valence-corrected chi connectivity index (χ3v) is 2.59. The molecular formula is C10H11N3O3. The minimum atomic E-state index is -0.444. The van der Waals surface area contributed by atoms with Crippen LogP contribution in [0.15, 0.2) is 18.3 Å². The quantitative estimate of drug-likeness (QED) is 0.553. The number of aromatic nitrogens is 1. The topological polar surface area (TPSA) is 76.3 Å². The first-order chi connectivity index (χ1) is 7.66. The number of carbonyl (C=O) groups is 1. The highest BCUT2D eigenvalue weighted by atomic mass is 16.6. The lowest BCUT2D eigenvalue weighted by Crippen LogP contribution is -2.34. The summed E-state index contributed by atoms with van der Waals surface area (Å²) >= 11 is 0. The predicted octanol–water partition coefficient (Wildman–Crippen LogP) is 1.16. The lowest BCUT2D eigenvalue weighted by molar-refractivity contribution is -0.384. The van der Waals surface area contributed by atoms with Crippen LogP contribution < -0.4 is 4.90 Å². The Balaban J connectivity index is 2.17. The number of piperidine rings is 1. The van der Waals surface area contributed by atoms with Crippen molar-refractivity contribution in [3.63, 3.8) is 0 Å². The number of nitro groups is 1. The van der Waals surface area contributed by atoms with Crippen LogP contribution in [0.25, 0.3) is 0 Å². The van der Waals surface area contributed by atoms with E-state index in [1.54, 1.807) is 0 Å². The van der Waals surface area contributed by atoms with E-state index >= 15 is 0 Å². The molecule has 0 N–H and O–H groups in total. The molecule has 0 unspecified atom stereocenters. The normalized spacial score (nSPS) is 16.2. The zero-order chi connectivity index (χ0) is 11.5. The first-order valence-electron chi connectivity index (χ1n) is 5.04. The van der Waals surface area contributed by atoms with Gasteiger partial charge in [0.1, 0.15) is 11.6 Å². The third-order valence-electron chi connectivity index (χ3n) is 2.59. The van der Waals surface area contributed by atoms with Gasteiger partial charge in [0.15, 0.2) is 0 Å². The summed E-state index contributed by atoms with van der Waals surface area (Å²) < 4.78 is 0. The van der Waals surface area contributed by atoms with Gasteiger partial charge in [0.25, 0.3) is 5.69 Å². The van der Waals surface area contributed by atoms with E-state index in [2.05, 4.69) is 4.98 Å². The van der Waals surface area contributed by atoms with Crippen LogP contribution >= 0.6 is 0 Å². The van der Waals surface area contributed by atoms with E-state index in [9.17, 15) is 14.9 Å². The van der Waals surface area contributed by atoms with Gasteiger partial charge in [0.05, 0.1) is 11.0 Å². The van der Waals surface area contributed by atoms with E-state index in [0.717, 1.165) is 0 Å². The minimum Gasteiger partial charge on any atom is -0.356 e. The molecule has 0 spiro atoms. The second-order valence-corrected chi connectivity index (χ2v) is 3.66. The fraction of sp³-hybridized carbons (Fsp3) is 0.400. The molecule has 0 atom stereocenters. The van der Waals surface area contributed by atoms with Crippen molar-refractivity contribution in [2.75, 3.05) is 18.0 Å². The molecule has 1 aromatic heterocycles. The van der Waals surface area contributed by atoms with E-state index in [4.69, 9.17) is 0 Å². The Kier molecular flexibility index (Phi) is 2.80. The molecule has 0 amide bonds. The van der Waals surface area contributed by atoms with Gasteiger partial charge >= 0.3 is 0 Å². The molecule has 16 heavy (non-hydrogen) atoms. The summed E-state index contributed by atoms with van der Waals surface area (Å²) in [4.78, 5) is 27.2. The SMILES string of the molecule is O=C1CCN(c2cc([N+](=O)[O-])ccn2)CC1. The summed E-state index contributed by atoms with van der Waals surface area (Å²) in [6, 6.07) is 2.80. The summed E-state index contributed by atoms with van der Waals surface area (Å²) in [5, 5.41) is 10.6. The summed E-state index contributed by atoms with van der Waals surface area (Å²) in [6.07, 6.45) is 2.40. The highest BCUT2D eigenvalue weighted by Gasteiger charge is 2.18. The van der Waals surface area contributed by atoms with Crippen molar-refractivity contribution in [2.45, 2.75) is 12.8 Å².